The third-order valence-electron chi connectivity index (χ3n) is 4.74. The minimum absolute atomic E-state index is 0.200. The van der Waals surface area contributed by atoms with E-state index >= 15 is 0 Å². The summed E-state index contributed by atoms with van der Waals surface area (Å²) in [5, 5.41) is 0.706. The van der Waals surface area contributed by atoms with E-state index in [-0.39, 0.29) is 5.91 Å². The molecule has 1 heterocycles. The second-order valence-electron chi connectivity index (χ2n) is 6.64. The smallest absolute Gasteiger partial charge is 0.224 e. The Hall–Kier alpha value is -2.30. The fraction of sp³-hybridized carbons (Fsp3) is 0.318. The first-order valence-corrected chi connectivity index (χ1v) is 9.57. The van der Waals surface area contributed by atoms with Crippen molar-refractivity contribution in [2.45, 2.75) is 13.0 Å². The molecule has 5 heteroatoms. The lowest BCUT2D eigenvalue weighted by molar-refractivity contribution is -0.130. The summed E-state index contributed by atoms with van der Waals surface area (Å²) in [6, 6.07) is 15.7. The standard InChI is InChI=1S/C22H25ClN2O2/c1-27-21-10-3-2-7-19(21)8-5-12-24-13-11-22(26)25(15-14-24)17-18-6-4-9-20(23)16-18/h2-10,16H,11-15,17H2,1H3/b8-5+. The van der Waals surface area contributed by atoms with Gasteiger partial charge in [0.1, 0.15) is 5.75 Å². The SMILES string of the molecule is COc1ccccc1/C=C/CN1CCC(=O)N(Cc2cccc(Cl)c2)CC1. The highest BCUT2D eigenvalue weighted by atomic mass is 35.5. The number of methoxy groups -OCH3 is 1. The van der Waals surface area contributed by atoms with Crippen LogP contribution in [-0.4, -0.2) is 49.0 Å². The van der Waals surface area contributed by atoms with Gasteiger partial charge in [0.15, 0.2) is 0 Å². The molecule has 4 nitrogen and oxygen atoms in total. The Morgan fingerprint density at radius 2 is 1.96 bits per heavy atom. The molecule has 0 N–H and O–H groups in total. The maximum Gasteiger partial charge on any atom is 0.224 e. The summed E-state index contributed by atoms with van der Waals surface area (Å²) in [5.74, 6) is 1.07. The van der Waals surface area contributed by atoms with Gasteiger partial charge in [-0.2, -0.15) is 0 Å². The predicted molar refractivity (Wildman–Crippen MR) is 110 cm³/mol. The van der Waals surface area contributed by atoms with Crippen LogP contribution in [0.4, 0.5) is 0 Å². The van der Waals surface area contributed by atoms with Crippen LogP contribution in [-0.2, 0) is 11.3 Å². The topological polar surface area (TPSA) is 32.8 Å². The Balaban J connectivity index is 1.56. The van der Waals surface area contributed by atoms with Crippen molar-refractivity contribution in [3.63, 3.8) is 0 Å². The number of amides is 1. The van der Waals surface area contributed by atoms with Crippen molar-refractivity contribution in [1.82, 2.24) is 9.80 Å². The van der Waals surface area contributed by atoms with Crippen molar-refractivity contribution < 1.29 is 9.53 Å². The Bertz CT molecular complexity index is 806. The van der Waals surface area contributed by atoms with Gasteiger partial charge >= 0.3 is 0 Å². The quantitative estimate of drug-likeness (QED) is 0.751. The molecule has 0 aromatic heterocycles. The van der Waals surface area contributed by atoms with Crippen LogP contribution in [0.25, 0.3) is 6.08 Å². The molecule has 1 fully saturated rings. The fourth-order valence-corrected chi connectivity index (χ4v) is 3.46. The van der Waals surface area contributed by atoms with Gasteiger partial charge in [-0.05, 0) is 23.8 Å². The summed E-state index contributed by atoms with van der Waals surface area (Å²) in [4.78, 5) is 16.7. The number of halogens is 1. The van der Waals surface area contributed by atoms with Gasteiger partial charge < -0.3 is 9.64 Å². The van der Waals surface area contributed by atoms with E-state index in [1.54, 1.807) is 7.11 Å². The van der Waals surface area contributed by atoms with Crippen LogP contribution in [0, 0.1) is 0 Å². The molecule has 2 aromatic rings. The number of nitrogens with zero attached hydrogens (tertiary/aromatic N) is 2. The number of hydrogen-bond acceptors (Lipinski definition) is 3. The lowest BCUT2D eigenvalue weighted by Gasteiger charge is -2.21. The maximum absolute atomic E-state index is 12.5. The highest BCUT2D eigenvalue weighted by Gasteiger charge is 2.20. The van der Waals surface area contributed by atoms with Crippen molar-refractivity contribution in [3.8, 4) is 5.75 Å². The Kier molecular flexibility index (Phi) is 6.91. The van der Waals surface area contributed by atoms with Gasteiger partial charge in [-0.3, -0.25) is 9.69 Å². The Labute approximate surface area is 166 Å². The van der Waals surface area contributed by atoms with Crippen LogP contribution in [0.15, 0.2) is 54.6 Å². The molecule has 0 atom stereocenters. The number of carbonyl (C=O) groups is 1. The van der Waals surface area contributed by atoms with Crippen LogP contribution >= 0.6 is 11.6 Å². The molecule has 1 aliphatic rings. The average Bonchev–Trinajstić information content (AvgIpc) is 2.84. The lowest BCUT2D eigenvalue weighted by atomic mass is 10.2. The van der Waals surface area contributed by atoms with Gasteiger partial charge in [-0.1, -0.05) is 54.1 Å². The van der Waals surface area contributed by atoms with Gasteiger partial charge in [0.05, 0.1) is 7.11 Å². The van der Waals surface area contributed by atoms with Crippen LogP contribution in [0.2, 0.25) is 5.02 Å². The molecule has 2 aromatic carbocycles. The van der Waals surface area contributed by atoms with E-state index in [1.165, 1.54) is 0 Å². The largest absolute Gasteiger partial charge is 0.496 e. The van der Waals surface area contributed by atoms with E-state index in [4.69, 9.17) is 16.3 Å². The first kappa shape index (κ1) is 19.5. The zero-order valence-corrected chi connectivity index (χ0v) is 16.4. The van der Waals surface area contributed by atoms with Crippen LogP contribution < -0.4 is 4.74 Å². The third kappa shape index (κ3) is 5.59. The minimum Gasteiger partial charge on any atom is -0.496 e. The summed E-state index contributed by atoms with van der Waals surface area (Å²) < 4.78 is 5.38. The van der Waals surface area contributed by atoms with E-state index < -0.39 is 0 Å². The van der Waals surface area contributed by atoms with Gasteiger partial charge in [-0.15, -0.1) is 0 Å². The monoisotopic (exact) mass is 384 g/mol. The fourth-order valence-electron chi connectivity index (χ4n) is 3.25. The van der Waals surface area contributed by atoms with Gasteiger partial charge in [-0.25, -0.2) is 0 Å². The molecule has 1 aliphatic heterocycles. The molecular formula is C22H25ClN2O2. The van der Waals surface area contributed by atoms with Crippen molar-refractivity contribution in [3.05, 3.63) is 70.8 Å². The lowest BCUT2D eigenvalue weighted by Crippen LogP contribution is -2.32. The maximum atomic E-state index is 12.5. The summed E-state index contributed by atoms with van der Waals surface area (Å²) >= 11 is 6.06. The van der Waals surface area contributed by atoms with E-state index in [9.17, 15) is 4.79 Å². The molecular weight excluding hydrogens is 360 g/mol. The number of benzene rings is 2. The van der Waals surface area contributed by atoms with E-state index in [0.29, 0.717) is 18.0 Å². The highest BCUT2D eigenvalue weighted by molar-refractivity contribution is 6.30. The van der Waals surface area contributed by atoms with E-state index in [2.05, 4.69) is 17.1 Å². The van der Waals surface area contributed by atoms with Crippen molar-refractivity contribution >= 4 is 23.6 Å². The van der Waals surface area contributed by atoms with Crippen LogP contribution in [0.5, 0.6) is 5.75 Å². The summed E-state index contributed by atoms with van der Waals surface area (Å²) in [7, 11) is 1.68. The molecule has 1 amide bonds. The Morgan fingerprint density at radius 3 is 2.78 bits per heavy atom. The average molecular weight is 385 g/mol. The molecule has 3 rings (SSSR count). The summed E-state index contributed by atoms with van der Waals surface area (Å²) in [6.07, 6.45) is 4.76. The molecule has 27 heavy (non-hydrogen) atoms. The number of ether oxygens (including phenoxy) is 1. The molecule has 0 unspecified atom stereocenters. The molecule has 0 radical (unpaired) electrons. The molecule has 0 saturated carbocycles. The number of rotatable bonds is 6. The number of para-hydroxylation sites is 1. The second kappa shape index (κ2) is 9.58. The second-order valence-corrected chi connectivity index (χ2v) is 7.08. The first-order chi connectivity index (χ1) is 13.2. The number of carbonyl (C=O) groups excluding carboxylic acids is 1. The minimum atomic E-state index is 0.200. The molecule has 0 spiro atoms. The Morgan fingerprint density at radius 1 is 1.11 bits per heavy atom. The zero-order chi connectivity index (χ0) is 19.1. The predicted octanol–water partition coefficient (Wildman–Crippen LogP) is 4.10. The van der Waals surface area contributed by atoms with Gasteiger partial charge in [0, 0.05) is 49.7 Å². The van der Waals surface area contributed by atoms with Gasteiger partial charge in [0.25, 0.3) is 0 Å². The normalized spacial score (nSPS) is 15.9. The molecule has 0 bridgehead atoms. The van der Waals surface area contributed by atoms with E-state index in [0.717, 1.165) is 43.1 Å². The molecule has 142 valence electrons. The van der Waals surface area contributed by atoms with Crippen LogP contribution in [0.3, 0.4) is 0 Å². The highest BCUT2D eigenvalue weighted by Crippen LogP contribution is 2.19. The zero-order valence-electron chi connectivity index (χ0n) is 15.6. The summed E-state index contributed by atoms with van der Waals surface area (Å²) in [6.45, 7) is 3.80. The van der Waals surface area contributed by atoms with E-state index in [1.807, 2.05) is 53.4 Å². The molecule has 1 saturated heterocycles. The third-order valence-corrected chi connectivity index (χ3v) is 4.98. The summed E-state index contributed by atoms with van der Waals surface area (Å²) in [5.41, 5.74) is 2.13. The van der Waals surface area contributed by atoms with Gasteiger partial charge in [0.2, 0.25) is 5.91 Å². The van der Waals surface area contributed by atoms with Crippen molar-refractivity contribution in [1.29, 1.82) is 0 Å². The first-order valence-electron chi connectivity index (χ1n) is 9.20. The van der Waals surface area contributed by atoms with Crippen molar-refractivity contribution in [2.75, 3.05) is 33.3 Å². The van der Waals surface area contributed by atoms with Crippen LogP contribution in [0.1, 0.15) is 17.5 Å². The molecule has 0 aliphatic carbocycles. The number of hydrogen-bond donors (Lipinski definition) is 0. The van der Waals surface area contributed by atoms with Crippen molar-refractivity contribution in [2.24, 2.45) is 0 Å².